The summed E-state index contributed by atoms with van der Waals surface area (Å²) in [5.74, 6) is 1.34. The van der Waals surface area contributed by atoms with Crippen molar-refractivity contribution in [1.29, 1.82) is 0 Å². The van der Waals surface area contributed by atoms with Crippen molar-refractivity contribution >= 4 is 11.0 Å². The molecule has 0 radical (unpaired) electrons. The number of nitrogens with two attached hydrogens (primary N) is 1. The molecule has 2 rings (SSSR count). The zero-order valence-corrected chi connectivity index (χ0v) is 10.0. The van der Waals surface area contributed by atoms with Gasteiger partial charge in [0.2, 0.25) is 0 Å². The van der Waals surface area contributed by atoms with Crippen LogP contribution < -0.4 is 15.2 Å². The lowest BCUT2D eigenvalue weighted by molar-refractivity contribution is 0.358. The standard InChI is InChI=1S/C12H16N2O3/c1-15-10-6-5-9-11(12(10)16-2)8(14-17-9)4-3-7-13/h5-6H,3-4,7,13H2,1-2H3. The van der Waals surface area contributed by atoms with E-state index in [9.17, 15) is 0 Å². The molecule has 0 bridgehead atoms. The predicted molar refractivity (Wildman–Crippen MR) is 64.5 cm³/mol. The fraction of sp³-hybridized carbons (Fsp3) is 0.417. The minimum atomic E-state index is 0.626. The Bertz CT molecular complexity index is 508. The fourth-order valence-corrected chi connectivity index (χ4v) is 1.85. The van der Waals surface area contributed by atoms with Crippen LogP contribution in [0, 0.1) is 0 Å². The van der Waals surface area contributed by atoms with Gasteiger partial charge in [-0.25, -0.2) is 0 Å². The Morgan fingerprint density at radius 1 is 1.29 bits per heavy atom. The van der Waals surface area contributed by atoms with E-state index in [0.717, 1.165) is 23.9 Å². The number of ether oxygens (including phenoxy) is 2. The van der Waals surface area contributed by atoms with E-state index >= 15 is 0 Å². The molecule has 1 aromatic heterocycles. The molecule has 0 aliphatic rings. The molecule has 0 aliphatic heterocycles. The Morgan fingerprint density at radius 3 is 2.76 bits per heavy atom. The number of benzene rings is 1. The van der Waals surface area contributed by atoms with E-state index in [0.29, 0.717) is 23.6 Å². The summed E-state index contributed by atoms with van der Waals surface area (Å²) in [5.41, 5.74) is 7.07. The number of nitrogens with zero attached hydrogens (tertiary/aromatic N) is 1. The Labute approximate surface area is 99.5 Å². The molecule has 5 heteroatoms. The molecule has 2 N–H and O–H groups in total. The summed E-state index contributed by atoms with van der Waals surface area (Å²) in [6.07, 6.45) is 1.63. The fourth-order valence-electron chi connectivity index (χ4n) is 1.85. The van der Waals surface area contributed by atoms with Gasteiger partial charge < -0.3 is 19.7 Å². The van der Waals surface area contributed by atoms with Crippen molar-refractivity contribution < 1.29 is 14.0 Å². The van der Waals surface area contributed by atoms with E-state index in [2.05, 4.69) is 5.16 Å². The van der Waals surface area contributed by atoms with E-state index in [1.807, 2.05) is 6.07 Å². The molecule has 0 fully saturated rings. The molecule has 0 aliphatic carbocycles. The van der Waals surface area contributed by atoms with Gasteiger partial charge in [0, 0.05) is 0 Å². The summed E-state index contributed by atoms with van der Waals surface area (Å²) in [6, 6.07) is 3.63. The molecule has 17 heavy (non-hydrogen) atoms. The normalized spacial score (nSPS) is 10.8. The molecule has 5 nitrogen and oxygen atoms in total. The second-order valence-electron chi connectivity index (χ2n) is 3.70. The number of hydrogen-bond acceptors (Lipinski definition) is 5. The quantitative estimate of drug-likeness (QED) is 0.856. The number of aryl methyl sites for hydroxylation is 1. The van der Waals surface area contributed by atoms with E-state index in [1.54, 1.807) is 20.3 Å². The van der Waals surface area contributed by atoms with Gasteiger partial charge in [0.1, 0.15) is 0 Å². The molecule has 0 unspecified atom stereocenters. The Kier molecular flexibility index (Phi) is 3.49. The van der Waals surface area contributed by atoms with E-state index in [1.165, 1.54) is 0 Å². The highest BCUT2D eigenvalue weighted by molar-refractivity contribution is 5.88. The molecule has 1 aromatic carbocycles. The van der Waals surface area contributed by atoms with Crippen LogP contribution in [0.5, 0.6) is 11.5 Å². The maximum absolute atomic E-state index is 5.50. The number of methoxy groups -OCH3 is 2. The van der Waals surface area contributed by atoms with Crippen molar-refractivity contribution in [3.05, 3.63) is 17.8 Å². The summed E-state index contributed by atoms with van der Waals surface area (Å²) in [7, 11) is 3.22. The maximum Gasteiger partial charge on any atom is 0.173 e. The molecule has 1 heterocycles. The van der Waals surface area contributed by atoms with Crippen molar-refractivity contribution in [2.24, 2.45) is 5.73 Å². The molecule has 2 aromatic rings. The third-order valence-corrected chi connectivity index (χ3v) is 2.67. The van der Waals surface area contributed by atoms with Gasteiger partial charge in [0.25, 0.3) is 0 Å². The zero-order valence-electron chi connectivity index (χ0n) is 10.0. The van der Waals surface area contributed by atoms with Gasteiger partial charge in [0.15, 0.2) is 17.1 Å². The highest BCUT2D eigenvalue weighted by Gasteiger charge is 2.17. The van der Waals surface area contributed by atoms with Gasteiger partial charge in [-0.15, -0.1) is 0 Å². The van der Waals surface area contributed by atoms with Crippen molar-refractivity contribution in [2.45, 2.75) is 12.8 Å². The summed E-state index contributed by atoms with van der Waals surface area (Å²) in [4.78, 5) is 0. The number of fused-ring (bicyclic) bond motifs is 1. The summed E-state index contributed by atoms with van der Waals surface area (Å²) in [5, 5.41) is 4.93. The molecule has 0 amide bonds. The van der Waals surface area contributed by atoms with Crippen molar-refractivity contribution in [1.82, 2.24) is 5.16 Å². The lowest BCUT2D eigenvalue weighted by Gasteiger charge is -2.08. The van der Waals surface area contributed by atoms with Crippen LogP contribution in [0.2, 0.25) is 0 Å². The summed E-state index contributed by atoms with van der Waals surface area (Å²) >= 11 is 0. The Morgan fingerprint density at radius 2 is 2.12 bits per heavy atom. The number of aromatic nitrogens is 1. The number of rotatable bonds is 5. The highest BCUT2D eigenvalue weighted by atomic mass is 16.5. The average Bonchev–Trinajstić information content (AvgIpc) is 2.78. The molecular formula is C12H16N2O3. The van der Waals surface area contributed by atoms with E-state index in [4.69, 9.17) is 19.7 Å². The minimum absolute atomic E-state index is 0.626. The first-order chi connectivity index (χ1) is 8.31. The van der Waals surface area contributed by atoms with Crippen LogP contribution in [0.1, 0.15) is 12.1 Å². The van der Waals surface area contributed by atoms with Crippen LogP contribution in [-0.2, 0) is 6.42 Å². The topological polar surface area (TPSA) is 70.5 Å². The first kappa shape index (κ1) is 11.7. The van der Waals surface area contributed by atoms with Crippen LogP contribution in [-0.4, -0.2) is 25.9 Å². The van der Waals surface area contributed by atoms with Crippen molar-refractivity contribution in [3.63, 3.8) is 0 Å². The van der Waals surface area contributed by atoms with Crippen LogP contribution in [0.25, 0.3) is 11.0 Å². The Hall–Kier alpha value is -1.75. The van der Waals surface area contributed by atoms with Gasteiger partial charge in [0.05, 0.1) is 25.3 Å². The molecule has 92 valence electrons. The zero-order chi connectivity index (χ0) is 12.3. The molecular weight excluding hydrogens is 220 g/mol. The monoisotopic (exact) mass is 236 g/mol. The van der Waals surface area contributed by atoms with Crippen LogP contribution in [0.4, 0.5) is 0 Å². The minimum Gasteiger partial charge on any atom is -0.493 e. The van der Waals surface area contributed by atoms with E-state index in [-0.39, 0.29) is 0 Å². The second kappa shape index (κ2) is 5.05. The first-order valence-electron chi connectivity index (χ1n) is 5.51. The molecule has 0 saturated heterocycles. The smallest absolute Gasteiger partial charge is 0.173 e. The SMILES string of the molecule is COc1ccc2onc(CCCN)c2c1OC. The van der Waals surface area contributed by atoms with Crippen LogP contribution in [0.3, 0.4) is 0 Å². The second-order valence-corrected chi connectivity index (χ2v) is 3.70. The van der Waals surface area contributed by atoms with Gasteiger partial charge >= 0.3 is 0 Å². The summed E-state index contributed by atoms with van der Waals surface area (Å²) < 4.78 is 15.9. The predicted octanol–water partition coefficient (Wildman–Crippen LogP) is 1.74. The maximum atomic E-state index is 5.50. The largest absolute Gasteiger partial charge is 0.493 e. The third-order valence-electron chi connectivity index (χ3n) is 2.67. The first-order valence-corrected chi connectivity index (χ1v) is 5.51. The lowest BCUT2D eigenvalue weighted by atomic mass is 10.1. The van der Waals surface area contributed by atoms with Crippen LogP contribution in [0.15, 0.2) is 16.7 Å². The van der Waals surface area contributed by atoms with Gasteiger partial charge in [-0.3, -0.25) is 0 Å². The Balaban J connectivity index is 2.54. The molecule has 0 saturated carbocycles. The van der Waals surface area contributed by atoms with Gasteiger partial charge in [-0.05, 0) is 31.5 Å². The average molecular weight is 236 g/mol. The number of hydrogen-bond donors (Lipinski definition) is 1. The van der Waals surface area contributed by atoms with Gasteiger partial charge in [-0.1, -0.05) is 5.16 Å². The molecule has 0 spiro atoms. The van der Waals surface area contributed by atoms with Crippen molar-refractivity contribution in [3.8, 4) is 11.5 Å². The third kappa shape index (κ3) is 2.06. The lowest BCUT2D eigenvalue weighted by Crippen LogP contribution is -2.01. The van der Waals surface area contributed by atoms with Crippen LogP contribution >= 0.6 is 0 Å². The van der Waals surface area contributed by atoms with Gasteiger partial charge in [-0.2, -0.15) is 0 Å². The van der Waals surface area contributed by atoms with E-state index < -0.39 is 0 Å². The summed E-state index contributed by atoms with van der Waals surface area (Å²) in [6.45, 7) is 0.626. The molecule has 0 atom stereocenters. The highest BCUT2D eigenvalue weighted by Crippen LogP contribution is 2.37. The van der Waals surface area contributed by atoms with Crippen molar-refractivity contribution in [2.75, 3.05) is 20.8 Å².